The molecule has 1 fully saturated rings. The molecule has 2 bridgehead atoms. The van der Waals surface area contributed by atoms with E-state index in [4.69, 9.17) is 9.47 Å². The first-order valence-electron chi connectivity index (χ1n) is 9.28. The fourth-order valence-corrected chi connectivity index (χ4v) is 4.91. The zero-order valence-corrected chi connectivity index (χ0v) is 16.4. The fourth-order valence-electron chi connectivity index (χ4n) is 4.09. The van der Waals surface area contributed by atoms with E-state index in [0.717, 1.165) is 28.7 Å². The number of nitrogens with one attached hydrogen (secondary N) is 1. The highest BCUT2D eigenvalue weighted by Crippen LogP contribution is 2.43. The SMILES string of the molecule is COc1ccc(-c2nc(CC(=O)NCC3CC4C=CC3C4)cs2)cc1OC. The predicted octanol–water partition coefficient (Wildman–Crippen LogP) is 3.70. The van der Waals surface area contributed by atoms with Crippen LogP contribution in [0.5, 0.6) is 11.5 Å². The van der Waals surface area contributed by atoms with Gasteiger partial charge in [-0.1, -0.05) is 12.2 Å². The number of hydrogen-bond donors (Lipinski definition) is 1. The fraction of sp³-hybridized carbons (Fsp3) is 0.429. The van der Waals surface area contributed by atoms with Gasteiger partial charge in [0.25, 0.3) is 0 Å². The molecule has 27 heavy (non-hydrogen) atoms. The van der Waals surface area contributed by atoms with Crippen LogP contribution in [0.3, 0.4) is 0 Å². The number of amides is 1. The Labute approximate surface area is 163 Å². The van der Waals surface area contributed by atoms with Gasteiger partial charge in [-0.3, -0.25) is 4.79 Å². The smallest absolute Gasteiger partial charge is 0.226 e. The second kappa shape index (κ2) is 7.72. The lowest BCUT2D eigenvalue weighted by Gasteiger charge is -2.18. The molecule has 142 valence electrons. The summed E-state index contributed by atoms with van der Waals surface area (Å²) in [7, 11) is 3.23. The van der Waals surface area contributed by atoms with Crippen molar-refractivity contribution in [3.63, 3.8) is 0 Å². The molecule has 0 radical (unpaired) electrons. The number of nitrogens with zero attached hydrogens (tertiary/aromatic N) is 1. The topological polar surface area (TPSA) is 60.5 Å². The highest BCUT2D eigenvalue weighted by molar-refractivity contribution is 7.13. The van der Waals surface area contributed by atoms with Gasteiger partial charge >= 0.3 is 0 Å². The van der Waals surface area contributed by atoms with Gasteiger partial charge in [0.05, 0.1) is 26.3 Å². The van der Waals surface area contributed by atoms with Crippen LogP contribution >= 0.6 is 11.3 Å². The molecule has 5 nitrogen and oxygen atoms in total. The normalized spacial score (nSPS) is 22.8. The third kappa shape index (κ3) is 3.86. The molecule has 6 heteroatoms. The summed E-state index contributed by atoms with van der Waals surface area (Å²) >= 11 is 1.53. The predicted molar refractivity (Wildman–Crippen MR) is 106 cm³/mol. The van der Waals surface area contributed by atoms with Crippen LogP contribution in [0.1, 0.15) is 18.5 Å². The first-order valence-corrected chi connectivity index (χ1v) is 10.2. The summed E-state index contributed by atoms with van der Waals surface area (Å²) in [6, 6.07) is 5.72. The van der Waals surface area contributed by atoms with Crippen molar-refractivity contribution in [2.45, 2.75) is 19.3 Å². The monoisotopic (exact) mass is 384 g/mol. The third-order valence-electron chi connectivity index (χ3n) is 5.50. The molecule has 1 aromatic carbocycles. The number of hydrogen-bond acceptors (Lipinski definition) is 5. The van der Waals surface area contributed by atoms with Crippen molar-refractivity contribution in [1.29, 1.82) is 0 Å². The first kappa shape index (κ1) is 18.0. The molecule has 3 unspecified atom stereocenters. The first-order chi connectivity index (χ1) is 13.2. The van der Waals surface area contributed by atoms with Crippen molar-refractivity contribution in [3.05, 3.63) is 41.4 Å². The van der Waals surface area contributed by atoms with E-state index >= 15 is 0 Å². The minimum Gasteiger partial charge on any atom is -0.493 e. The van der Waals surface area contributed by atoms with E-state index < -0.39 is 0 Å². The van der Waals surface area contributed by atoms with Crippen LogP contribution in [0, 0.1) is 17.8 Å². The Morgan fingerprint density at radius 2 is 2.07 bits per heavy atom. The average molecular weight is 385 g/mol. The largest absolute Gasteiger partial charge is 0.493 e. The summed E-state index contributed by atoms with van der Waals surface area (Å²) in [4.78, 5) is 16.9. The van der Waals surface area contributed by atoms with E-state index in [0.29, 0.717) is 29.8 Å². The van der Waals surface area contributed by atoms with Gasteiger partial charge in [0.1, 0.15) is 5.01 Å². The molecule has 1 N–H and O–H groups in total. The summed E-state index contributed by atoms with van der Waals surface area (Å²) in [5.74, 6) is 3.40. The second-order valence-electron chi connectivity index (χ2n) is 7.23. The number of benzene rings is 1. The summed E-state index contributed by atoms with van der Waals surface area (Å²) in [5.41, 5.74) is 1.76. The standard InChI is InChI=1S/C21H24N2O3S/c1-25-18-6-5-15(9-19(18)26-2)21-23-17(12-27-21)10-20(24)22-11-16-8-13-3-4-14(16)7-13/h3-6,9,12-14,16H,7-8,10-11H2,1-2H3,(H,22,24). The summed E-state index contributed by atoms with van der Waals surface area (Å²) in [5, 5.41) is 5.92. The van der Waals surface area contributed by atoms with E-state index in [1.807, 2.05) is 23.6 Å². The highest BCUT2D eigenvalue weighted by atomic mass is 32.1. The van der Waals surface area contributed by atoms with E-state index in [9.17, 15) is 4.79 Å². The number of fused-ring (bicyclic) bond motifs is 2. The molecule has 0 aliphatic heterocycles. The molecular formula is C21H24N2O3S. The summed E-state index contributed by atoms with van der Waals surface area (Å²) in [6.45, 7) is 0.775. The van der Waals surface area contributed by atoms with Crippen LogP contribution in [-0.2, 0) is 11.2 Å². The van der Waals surface area contributed by atoms with Crippen molar-refractivity contribution in [3.8, 4) is 22.1 Å². The molecule has 1 aromatic heterocycles. The van der Waals surface area contributed by atoms with Gasteiger partial charge in [-0.25, -0.2) is 4.98 Å². The number of thiazole rings is 1. The van der Waals surface area contributed by atoms with Gasteiger partial charge in [-0.05, 0) is 48.8 Å². The van der Waals surface area contributed by atoms with Gasteiger partial charge in [0, 0.05) is 17.5 Å². The Balaban J connectivity index is 1.35. The highest BCUT2D eigenvalue weighted by Gasteiger charge is 2.35. The number of methoxy groups -OCH3 is 2. The quantitative estimate of drug-likeness (QED) is 0.740. The molecule has 3 atom stereocenters. The van der Waals surface area contributed by atoms with Crippen LogP contribution in [0.25, 0.3) is 10.6 Å². The lowest BCUT2D eigenvalue weighted by molar-refractivity contribution is -0.120. The van der Waals surface area contributed by atoms with Gasteiger partial charge in [-0.2, -0.15) is 0 Å². The maximum Gasteiger partial charge on any atom is 0.226 e. The van der Waals surface area contributed by atoms with E-state index in [2.05, 4.69) is 22.5 Å². The number of aromatic nitrogens is 1. The lowest BCUT2D eigenvalue weighted by atomic mass is 9.93. The molecule has 2 aromatic rings. The van der Waals surface area contributed by atoms with Gasteiger partial charge in [0.15, 0.2) is 11.5 Å². The Kier molecular flexibility index (Phi) is 5.16. The number of allylic oxidation sites excluding steroid dienone is 2. The van der Waals surface area contributed by atoms with E-state index in [1.54, 1.807) is 14.2 Å². The Hall–Kier alpha value is -2.34. The minimum atomic E-state index is 0.0471. The third-order valence-corrected chi connectivity index (χ3v) is 6.44. The Morgan fingerprint density at radius 3 is 2.78 bits per heavy atom. The van der Waals surface area contributed by atoms with Crippen molar-refractivity contribution in [1.82, 2.24) is 10.3 Å². The van der Waals surface area contributed by atoms with Crippen LogP contribution < -0.4 is 14.8 Å². The molecule has 2 aliphatic carbocycles. The molecule has 0 spiro atoms. The van der Waals surface area contributed by atoms with Crippen LogP contribution in [0.15, 0.2) is 35.7 Å². The van der Waals surface area contributed by atoms with Crippen molar-refractivity contribution in [2.24, 2.45) is 17.8 Å². The minimum absolute atomic E-state index is 0.0471. The van der Waals surface area contributed by atoms with Gasteiger partial charge < -0.3 is 14.8 Å². The lowest BCUT2D eigenvalue weighted by Crippen LogP contribution is -2.32. The Bertz CT molecular complexity index is 861. The molecule has 1 saturated carbocycles. The van der Waals surface area contributed by atoms with Crippen LogP contribution in [0.4, 0.5) is 0 Å². The van der Waals surface area contributed by atoms with E-state index in [1.165, 1.54) is 24.2 Å². The number of carbonyl (C=O) groups excluding carboxylic acids is 1. The van der Waals surface area contributed by atoms with Crippen LogP contribution in [-0.4, -0.2) is 31.7 Å². The molecule has 4 rings (SSSR count). The average Bonchev–Trinajstić information content (AvgIpc) is 3.43. The Morgan fingerprint density at radius 1 is 1.22 bits per heavy atom. The van der Waals surface area contributed by atoms with Crippen molar-refractivity contribution >= 4 is 17.2 Å². The zero-order valence-electron chi connectivity index (χ0n) is 15.6. The van der Waals surface area contributed by atoms with E-state index in [-0.39, 0.29) is 5.91 Å². The number of ether oxygens (including phenoxy) is 2. The molecule has 1 heterocycles. The van der Waals surface area contributed by atoms with Crippen molar-refractivity contribution in [2.75, 3.05) is 20.8 Å². The maximum absolute atomic E-state index is 12.3. The number of rotatable bonds is 7. The molecular weight excluding hydrogens is 360 g/mol. The molecule has 0 saturated heterocycles. The van der Waals surface area contributed by atoms with Gasteiger partial charge in [0.2, 0.25) is 5.91 Å². The molecule has 2 aliphatic rings. The maximum atomic E-state index is 12.3. The molecule has 1 amide bonds. The second-order valence-corrected chi connectivity index (χ2v) is 8.09. The summed E-state index contributed by atoms with van der Waals surface area (Å²) < 4.78 is 10.6. The van der Waals surface area contributed by atoms with Crippen LogP contribution in [0.2, 0.25) is 0 Å². The van der Waals surface area contributed by atoms with Crippen molar-refractivity contribution < 1.29 is 14.3 Å². The van der Waals surface area contributed by atoms with Gasteiger partial charge in [-0.15, -0.1) is 11.3 Å². The number of carbonyl (C=O) groups is 1. The zero-order chi connectivity index (χ0) is 18.8. The summed E-state index contributed by atoms with van der Waals surface area (Å²) in [6.07, 6.45) is 7.44.